The Kier molecular flexibility index (Phi) is 8.84. The second-order valence-electron chi connectivity index (χ2n) is 5.56. The van der Waals surface area contributed by atoms with Crippen LogP contribution in [0.3, 0.4) is 0 Å². The average molecular weight is 427 g/mol. The summed E-state index contributed by atoms with van der Waals surface area (Å²) in [6.07, 6.45) is 0.872. The second-order valence-corrected chi connectivity index (χ2v) is 7.49. The van der Waals surface area contributed by atoms with Crippen LogP contribution in [0.5, 0.6) is 0 Å². The predicted molar refractivity (Wildman–Crippen MR) is 114 cm³/mol. The van der Waals surface area contributed by atoms with E-state index < -0.39 is 5.97 Å². The number of carbonyl (C=O) groups excluding carboxylic acids is 1. The van der Waals surface area contributed by atoms with E-state index in [4.69, 9.17) is 28.6 Å². The number of nitrogens with one attached hydrogen (secondary N) is 2. The first-order valence-electron chi connectivity index (χ1n) is 8.25. The molecule has 0 aromatic heterocycles. The van der Waals surface area contributed by atoms with Crippen LogP contribution in [0.2, 0.25) is 5.02 Å². The quantitative estimate of drug-likeness (QED) is 0.356. The zero-order valence-corrected chi connectivity index (χ0v) is 17.1. The number of thiocarbonyl (C=S) groups is 1. The molecule has 0 saturated heterocycles. The van der Waals surface area contributed by atoms with Crippen molar-refractivity contribution in [1.82, 2.24) is 5.32 Å². The summed E-state index contributed by atoms with van der Waals surface area (Å²) >= 11 is 13.0. The average Bonchev–Trinajstić information content (AvgIpc) is 2.67. The monoisotopic (exact) mass is 426 g/mol. The van der Waals surface area contributed by atoms with Crippen molar-refractivity contribution in [3.8, 4) is 0 Å². The number of carbonyl (C=O) groups is 1. The third-order valence-corrected chi connectivity index (χ3v) is 5.27. The van der Waals surface area contributed by atoms with Gasteiger partial charge in [-0.05, 0) is 54.2 Å². The lowest BCUT2D eigenvalue weighted by molar-refractivity contribution is 0.0601. The summed E-state index contributed by atoms with van der Waals surface area (Å²) in [6, 6.07) is 11.6. The molecule has 8 heteroatoms. The number of ether oxygens (including phenoxy) is 1. The number of thioether (sulfide) groups is 1. The lowest BCUT2D eigenvalue weighted by Crippen LogP contribution is -2.29. The van der Waals surface area contributed by atoms with Gasteiger partial charge in [0.2, 0.25) is 0 Å². The van der Waals surface area contributed by atoms with Gasteiger partial charge in [-0.25, -0.2) is 9.18 Å². The summed E-state index contributed by atoms with van der Waals surface area (Å²) in [5.41, 5.74) is 1.63. The van der Waals surface area contributed by atoms with Crippen molar-refractivity contribution < 1.29 is 13.9 Å². The zero-order chi connectivity index (χ0) is 19.6. The molecule has 0 bridgehead atoms. The van der Waals surface area contributed by atoms with Crippen molar-refractivity contribution >= 4 is 52.3 Å². The second kappa shape index (κ2) is 11.1. The molecule has 0 radical (unpaired) electrons. The molecule has 0 heterocycles. The fraction of sp³-hybridized carbons (Fsp3) is 0.263. The number of benzene rings is 2. The van der Waals surface area contributed by atoms with Crippen molar-refractivity contribution in [3.63, 3.8) is 0 Å². The van der Waals surface area contributed by atoms with E-state index in [2.05, 4.69) is 10.6 Å². The molecule has 2 N–H and O–H groups in total. The molecule has 27 heavy (non-hydrogen) atoms. The molecule has 0 atom stereocenters. The van der Waals surface area contributed by atoms with Crippen molar-refractivity contribution in [3.05, 3.63) is 64.4 Å². The van der Waals surface area contributed by atoms with Crippen LogP contribution in [0.15, 0.2) is 42.5 Å². The molecule has 0 aliphatic rings. The standard InChI is InChI=1S/C19H20ClFN2O2S2/c1-25-18(24)13-7-8-15(20)17(11-13)23-19(26)22-9-4-10-27-12-14-5-2-3-6-16(14)21/h2-3,5-8,11H,4,9-10,12H2,1H3,(H2,22,23,26). The molecule has 2 aromatic carbocycles. The molecule has 0 aliphatic heterocycles. The first-order chi connectivity index (χ1) is 13.0. The molecule has 0 aliphatic carbocycles. The highest BCUT2D eigenvalue weighted by atomic mass is 35.5. The van der Waals surface area contributed by atoms with E-state index in [0.29, 0.717) is 39.2 Å². The minimum Gasteiger partial charge on any atom is -0.465 e. The summed E-state index contributed by atoms with van der Waals surface area (Å²) in [7, 11) is 1.32. The number of halogens is 2. The summed E-state index contributed by atoms with van der Waals surface area (Å²) in [6.45, 7) is 0.671. The lowest BCUT2D eigenvalue weighted by atomic mass is 10.2. The highest BCUT2D eigenvalue weighted by Crippen LogP contribution is 2.23. The number of esters is 1. The normalized spacial score (nSPS) is 10.3. The van der Waals surface area contributed by atoms with Gasteiger partial charge in [-0.3, -0.25) is 0 Å². The van der Waals surface area contributed by atoms with E-state index in [1.54, 1.807) is 42.1 Å². The summed E-state index contributed by atoms with van der Waals surface area (Å²) in [5, 5.41) is 6.93. The van der Waals surface area contributed by atoms with Gasteiger partial charge in [-0.2, -0.15) is 11.8 Å². The van der Waals surface area contributed by atoms with Crippen LogP contribution in [-0.2, 0) is 10.5 Å². The summed E-state index contributed by atoms with van der Waals surface area (Å²) < 4.78 is 18.2. The fourth-order valence-electron chi connectivity index (χ4n) is 2.21. The van der Waals surface area contributed by atoms with Crippen molar-refractivity contribution in [2.24, 2.45) is 0 Å². The van der Waals surface area contributed by atoms with E-state index in [1.807, 2.05) is 6.07 Å². The number of hydrogen-bond acceptors (Lipinski definition) is 4. The predicted octanol–water partition coefficient (Wildman–Crippen LogP) is 4.88. The van der Waals surface area contributed by atoms with Gasteiger partial charge in [0, 0.05) is 12.3 Å². The Morgan fingerprint density at radius 3 is 2.81 bits per heavy atom. The minimum absolute atomic E-state index is 0.167. The van der Waals surface area contributed by atoms with Gasteiger partial charge in [0.1, 0.15) is 5.82 Å². The van der Waals surface area contributed by atoms with Crippen LogP contribution < -0.4 is 10.6 Å². The van der Waals surface area contributed by atoms with Crippen molar-refractivity contribution in [2.75, 3.05) is 24.7 Å². The summed E-state index contributed by atoms with van der Waals surface area (Å²) in [4.78, 5) is 11.6. The van der Waals surface area contributed by atoms with E-state index in [9.17, 15) is 9.18 Å². The third-order valence-electron chi connectivity index (χ3n) is 3.60. The maximum absolute atomic E-state index is 13.5. The molecule has 2 aromatic rings. The molecule has 144 valence electrons. The molecule has 0 unspecified atom stereocenters. The third kappa shape index (κ3) is 7.01. The molecule has 0 fully saturated rings. The number of hydrogen-bond donors (Lipinski definition) is 2. The van der Waals surface area contributed by atoms with Crippen LogP contribution in [-0.4, -0.2) is 30.5 Å². The molecule has 0 amide bonds. The van der Waals surface area contributed by atoms with E-state index in [0.717, 1.165) is 12.2 Å². The van der Waals surface area contributed by atoms with Gasteiger partial charge in [-0.1, -0.05) is 29.8 Å². The molecule has 4 nitrogen and oxygen atoms in total. The van der Waals surface area contributed by atoms with Crippen LogP contribution in [0.4, 0.5) is 10.1 Å². The van der Waals surface area contributed by atoms with Crippen molar-refractivity contribution in [2.45, 2.75) is 12.2 Å². The Labute approximate surface area is 172 Å². The zero-order valence-electron chi connectivity index (χ0n) is 14.8. The number of anilines is 1. The SMILES string of the molecule is COC(=O)c1ccc(Cl)c(NC(=S)NCCCSCc2ccccc2F)c1. The maximum Gasteiger partial charge on any atom is 0.337 e. The van der Waals surface area contributed by atoms with E-state index in [1.165, 1.54) is 13.2 Å². The molecular weight excluding hydrogens is 407 g/mol. The van der Waals surface area contributed by atoms with Gasteiger partial charge < -0.3 is 15.4 Å². The van der Waals surface area contributed by atoms with Crippen LogP contribution in [0.25, 0.3) is 0 Å². The van der Waals surface area contributed by atoms with Crippen LogP contribution >= 0.6 is 35.6 Å². The lowest BCUT2D eigenvalue weighted by Gasteiger charge is -2.12. The van der Waals surface area contributed by atoms with E-state index in [-0.39, 0.29) is 5.82 Å². The Balaban J connectivity index is 1.70. The first-order valence-corrected chi connectivity index (χ1v) is 10.2. The topological polar surface area (TPSA) is 50.4 Å². The largest absolute Gasteiger partial charge is 0.465 e. The Morgan fingerprint density at radius 2 is 2.07 bits per heavy atom. The van der Waals surface area contributed by atoms with E-state index >= 15 is 0 Å². The van der Waals surface area contributed by atoms with Gasteiger partial charge >= 0.3 is 5.97 Å². The van der Waals surface area contributed by atoms with Crippen LogP contribution in [0.1, 0.15) is 22.3 Å². The smallest absolute Gasteiger partial charge is 0.337 e. The highest BCUT2D eigenvalue weighted by molar-refractivity contribution is 7.98. The van der Waals surface area contributed by atoms with Crippen molar-refractivity contribution in [1.29, 1.82) is 0 Å². The molecule has 2 rings (SSSR count). The van der Waals surface area contributed by atoms with Gasteiger partial charge in [0.25, 0.3) is 0 Å². The number of rotatable bonds is 8. The fourth-order valence-corrected chi connectivity index (χ4v) is 3.53. The Hall–Kier alpha value is -1.83. The van der Waals surface area contributed by atoms with Gasteiger partial charge in [-0.15, -0.1) is 0 Å². The molecular formula is C19H20ClFN2O2S2. The summed E-state index contributed by atoms with van der Waals surface area (Å²) in [5.74, 6) is 0.911. The number of methoxy groups -OCH3 is 1. The molecule has 0 saturated carbocycles. The maximum atomic E-state index is 13.5. The highest BCUT2D eigenvalue weighted by Gasteiger charge is 2.10. The Morgan fingerprint density at radius 1 is 1.30 bits per heavy atom. The van der Waals surface area contributed by atoms with Gasteiger partial charge in [0.05, 0.1) is 23.4 Å². The Bertz CT molecular complexity index is 805. The molecule has 0 spiro atoms. The minimum atomic E-state index is -0.444. The van der Waals surface area contributed by atoms with Gasteiger partial charge in [0.15, 0.2) is 5.11 Å². The first kappa shape index (κ1) is 21.5. The van der Waals surface area contributed by atoms with Crippen LogP contribution in [0, 0.1) is 5.82 Å².